The third kappa shape index (κ3) is 4.01. The number of carbonyl (C=O) groups is 1. The Morgan fingerprint density at radius 3 is 2.84 bits per heavy atom. The Kier molecular flexibility index (Phi) is 4.87. The molecule has 19 heavy (non-hydrogen) atoms. The molecule has 1 fully saturated rings. The van der Waals surface area contributed by atoms with Gasteiger partial charge in [0.15, 0.2) is 5.82 Å². The van der Waals surface area contributed by atoms with Crippen LogP contribution in [0.3, 0.4) is 0 Å². The molecule has 1 aliphatic carbocycles. The number of hydrogen-bond acceptors (Lipinski definition) is 4. The summed E-state index contributed by atoms with van der Waals surface area (Å²) in [5, 5.41) is 20.8. The quantitative estimate of drug-likeness (QED) is 0.693. The van der Waals surface area contributed by atoms with Gasteiger partial charge in [0.1, 0.15) is 0 Å². The topological polar surface area (TPSA) is 80.9 Å². The van der Waals surface area contributed by atoms with E-state index in [4.69, 9.17) is 5.11 Å². The molecule has 0 spiro atoms. The summed E-state index contributed by atoms with van der Waals surface area (Å²) in [4.78, 5) is 11.0. The summed E-state index contributed by atoms with van der Waals surface area (Å²) in [5.41, 5.74) is 0. The van der Waals surface area contributed by atoms with Crippen LogP contribution in [0.1, 0.15) is 63.7 Å². The molecule has 0 radical (unpaired) electrons. The van der Waals surface area contributed by atoms with Gasteiger partial charge in [0.25, 0.3) is 0 Å². The average molecular weight is 266 g/mol. The second-order valence-electron chi connectivity index (χ2n) is 5.35. The van der Waals surface area contributed by atoms with E-state index >= 15 is 0 Å². The van der Waals surface area contributed by atoms with Crippen LogP contribution in [-0.2, 0) is 11.2 Å². The number of carboxylic acids is 1. The second-order valence-corrected chi connectivity index (χ2v) is 5.35. The van der Waals surface area contributed by atoms with Gasteiger partial charge in [0.05, 0.1) is 12.5 Å². The van der Waals surface area contributed by atoms with E-state index in [9.17, 15) is 4.79 Å². The van der Waals surface area contributed by atoms with Gasteiger partial charge in [-0.05, 0) is 35.6 Å². The lowest BCUT2D eigenvalue weighted by molar-refractivity contribution is -0.138. The van der Waals surface area contributed by atoms with Crippen LogP contribution in [0.15, 0.2) is 0 Å². The van der Waals surface area contributed by atoms with Gasteiger partial charge in [0, 0.05) is 6.42 Å². The van der Waals surface area contributed by atoms with Crippen molar-refractivity contribution in [3.05, 3.63) is 5.82 Å². The summed E-state index contributed by atoms with van der Waals surface area (Å²) < 4.78 is 1.76. The number of rotatable bonds is 9. The van der Waals surface area contributed by atoms with Crippen molar-refractivity contribution < 1.29 is 9.90 Å². The molecule has 0 amide bonds. The van der Waals surface area contributed by atoms with Crippen LogP contribution in [0.4, 0.5) is 0 Å². The minimum atomic E-state index is -0.774. The first-order valence-electron chi connectivity index (χ1n) is 7.21. The van der Waals surface area contributed by atoms with Gasteiger partial charge in [-0.2, -0.15) is 0 Å². The van der Waals surface area contributed by atoms with E-state index in [2.05, 4.69) is 22.4 Å². The molecule has 0 aromatic carbocycles. The number of unbranched alkanes of at least 4 members (excludes halogenated alkanes) is 3. The number of aryl methyl sites for hydroxylation is 1. The van der Waals surface area contributed by atoms with Gasteiger partial charge in [-0.25, -0.2) is 4.68 Å². The number of aromatic nitrogens is 4. The highest BCUT2D eigenvalue weighted by atomic mass is 16.4. The lowest BCUT2D eigenvalue weighted by Crippen LogP contribution is -2.19. The first kappa shape index (κ1) is 14.0. The zero-order valence-electron chi connectivity index (χ0n) is 11.5. The van der Waals surface area contributed by atoms with Crippen LogP contribution >= 0.6 is 0 Å². The van der Waals surface area contributed by atoms with Crippen molar-refractivity contribution in [3.8, 4) is 0 Å². The molecule has 1 aromatic rings. The summed E-state index contributed by atoms with van der Waals surface area (Å²) in [7, 11) is 0. The highest BCUT2D eigenvalue weighted by Crippen LogP contribution is 2.41. The van der Waals surface area contributed by atoms with Crippen molar-refractivity contribution in [3.63, 3.8) is 0 Å². The fourth-order valence-corrected chi connectivity index (χ4v) is 2.46. The molecule has 0 bridgehead atoms. The summed E-state index contributed by atoms with van der Waals surface area (Å²) >= 11 is 0. The van der Waals surface area contributed by atoms with Crippen LogP contribution in [0, 0.1) is 5.92 Å². The van der Waals surface area contributed by atoms with Crippen LogP contribution in [-0.4, -0.2) is 31.3 Å². The van der Waals surface area contributed by atoms with Gasteiger partial charge in [-0.3, -0.25) is 4.79 Å². The fraction of sp³-hybridized carbons (Fsp3) is 0.846. The standard InChI is InChI=1S/C13H22N4O2/c1-2-3-4-5-6-12-14-15-16-17(12)11(9-13(18)19)10-7-8-10/h10-11H,2-9H2,1H3,(H,18,19). The summed E-state index contributed by atoms with van der Waals surface area (Å²) in [6.07, 6.45) is 7.82. The van der Waals surface area contributed by atoms with Crippen molar-refractivity contribution in [2.45, 2.75) is 64.3 Å². The fourth-order valence-electron chi connectivity index (χ4n) is 2.46. The van der Waals surface area contributed by atoms with Gasteiger partial charge in [-0.15, -0.1) is 5.10 Å². The number of hydrogen-bond donors (Lipinski definition) is 1. The zero-order valence-corrected chi connectivity index (χ0v) is 11.5. The van der Waals surface area contributed by atoms with E-state index in [0.717, 1.165) is 31.5 Å². The van der Waals surface area contributed by atoms with Gasteiger partial charge >= 0.3 is 5.97 Å². The molecule has 6 nitrogen and oxygen atoms in total. The molecular weight excluding hydrogens is 244 g/mol. The Morgan fingerprint density at radius 2 is 2.21 bits per heavy atom. The number of aliphatic carboxylic acids is 1. The lowest BCUT2D eigenvalue weighted by atomic mass is 10.1. The lowest BCUT2D eigenvalue weighted by Gasteiger charge is -2.15. The molecular formula is C13H22N4O2. The predicted octanol–water partition coefficient (Wildman–Crippen LogP) is 2.22. The molecule has 106 valence electrons. The maximum absolute atomic E-state index is 11.0. The molecule has 1 aliphatic rings. The van der Waals surface area contributed by atoms with E-state index in [0.29, 0.717) is 5.92 Å². The molecule has 1 heterocycles. The Labute approximate surface area is 113 Å². The zero-order chi connectivity index (χ0) is 13.7. The van der Waals surface area contributed by atoms with E-state index in [1.54, 1.807) is 4.68 Å². The van der Waals surface area contributed by atoms with Crippen molar-refractivity contribution in [1.82, 2.24) is 20.2 Å². The Morgan fingerprint density at radius 1 is 1.42 bits per heavy atom. The first-order chi connectivity index (χ1) is 9.22. The van der Waals surface area contributed by atoms with Crippen LogP contribution in [0.25, 0.3) is 0 Å². The SMILES string of the molecule is CCCCCCc1nnnn1C(CC(=O)O)C1CC1. The third-order valence-electron chi connectivity index (χ3n) is 3.68. The normalized spacial score (nSPS) is 16.5. The van der Waals surface area contributed by atoms with Gasteiger partial charge in [-0.1, -0.05) is 26.2 Å². The van der Waals surface area contributed by atoms with Crippen LogP contribution in [0.5, 0.6) is 0 Å². The second kappa shape index (κ2) is 6.63. The van der Waals surface area contributed by atoms with Gasteiger partial charge < -0.3 is 5.11 Å². The van der Waals surface area contributed by atoms with Crippen LogP contribution < -0.4 is 0 Å². The molecule has 1 aromatic heterocycles. The first-order valence-corrected chi connectivity index (χ1v) is 7.21. The third-order valence-corrected chi connectivity index (χ3v) is 3.68. The smallest absolute Gasteiger partial charge is 0.305 e. The largest absolute Gasteiger partial charge is 0.481 e. The minimum Gasteiger partial charge on any atom is -0.481 e. The highest BCUT2D eigenvalue weighted by Gasteiger charge is 2.36. The molecule has 2 rings (SSSR count). The van der Waals surface area contributed by atoms with Crippen LogP contribution in [0.2, 0.25) is 0 Å². The maximum Gasteiger partial charge on any atom is 0.305 e. The monoisotopic (exact) mass is 266 g/mol. The summed E-state index contributed by atoms with van der Waals surface area (Å²) in [5.74, 6) is 0.507. The maximum atomic E-state index is 11.0. The Balaban J connectivity index is 1.97. The number of nitrogens with zero attached hydrogens (tertiary/aromatic N) is 4. The van der Waals surface area contributed by atoms with E-state index in [1.165, 1.54) is 19.3 Å². The average Bonchev–Trinajstić information content (AvgIpc) is 3.11. The molecule has 0 aliphatic heterocycles. The summed E-state index contributed by atoms with van der Waals surface area (Å²) in [6.45, 7) is 2.18. The van der Waals surface area contributed by atoms with Crippen molar-refractivity contribution in [1.29, 1.82) is 0 Å². The van der Waals surface area contributed by atoms with Crippen molar-refractivity contribution in [2.24, 2.45) is 5.92 Å². The molecule has 1 atom stereocenters. The number of tetrazole rings is 1. The molecule has 1 saturated carbocycles. The van der Waals surface area contributed by atoms with E-state index in [-0.39, 0.29) is 12.5 Å². The predicted molar refractivity (Wildman–Crippen MR) is 69.7 cm³/mol. The summed E-state index contributed by atoms with van der Waals surface area (Å²) in [6, 6.07) is -0.0614. The van der Waals surface area contributed by atoms with E-state index < -0.39 is 5.97 Å². The molecule has 6 heteroatoms. The molecule has 0 saturated heterocycles. The van der Waals surface area contributed by atoms with E-state index in [1.807, 2.05) is 0 Å². The highest BCUT2D eigenvalue weighted by molar-refractivity contribution is 5.67. The Hall–Kier alpha value is -1.46. The van der Waals surface area contributed by atoms with Crippen molar-refractivity contribution in [2.75, 3.05) is 0 Å². The molecule has 1 N–H and O–H groups in total. The Bertz CT molecular complexity index is 415. The number of carboxylic acid groups (broad SMARTS) is 1. The molecule has 1 unspecified atom stereocenters. The van der Waals surface area contributed by atoms with Crippen molar-refractivity contribution >= 4 is 5.97 Å². The van der Waals surface area contributed by atoms with Gasteiger partial charge in [0.2, 0.25) is 0 Å². The minimum absolute atomic E-state index is 0.0614.